The van der Waals surface area contributed by atoms with Gasteiger partial charge in [0.1, 0.15) is 5.82 Å². The van der Waals surface area contributed by atoms with Gasteiger partial charge in [0.25, 0.3) is 0 Å². The van der Waals surface area contributed by atoms with Gasteiger partial charge in [-0.1, -0.05) is 18.2 Å². The lowest BCUT2D eigenvalue weighted by atomic mass is 10.1. The number of ether oxygens (including phenoxy) is 1. The molecule has 0 heterocycles. The lowest BCUT2D eigenvalue weighted by molar-refractivity contribution is 0.104. The molecule has 0 aliphatic carbocycles. The van der Waals surface area contributed by atoms with Crippen LogP contribution in [0.3, 0.4) is 0 Å². The second-order valence-corrected chi connectivity index (χ2v) is 4.10. The largest absolute Gasteiger partial charge is 0.494 e. The van der Waals surface area contributed by atoms with Crippen molar-refractivity contribution in [1.29, 1.82) is 0 Å². The van der Waals surface area contributed by atoms with Gasteiger partial charge in [0.2, 0.25) is 0 Å². The predicted octanol–water partition coefficient (Wildman–Crippen LogP) is 3.87. The first-order chi connectivity index (χ1) is 9.60. The lowest BCUT2D eigenvalue weighted by Gasteiger charge is -2.02. The van der Waals surface area contributed by atoms with Crippen LogP contribution < -0.4 is 4.74 Å². The summed E-state index contributed by atoms with van der Waals surface area (Å²) in [6.45, 7) is 0. The quantitative estimate of drug-likeness (QED) is 0.625. The summed E-state index contributed by atoms with van der Waals surface area (Å²) in [5.41, 5.74) is 0.912. The Balaban J connectivity index is 2.15. The van der Waals surface area contributed by atoms with E-state index in [-0.39, 0.29) is 22.9 Å². The number of carbonyl (C=O) groups is 1. The van der Waals surface area contributed by atoms with Crippen molar-refractivity contribution in [3.63, 3.8) is 0 Å². The first-order valence-corrected chi connectivity index (χ1v) is 5.91. The second-order valence-electron chi connectivity index (χ2n) is 4.10. The van der Waals surface area contributed by atoms with E-state index in [1.165, 1.54) is 37.5 Å². The van der Waals surface area contributed by atoms with E-state index in [2.05, 4.69) is 0 Å². The van der Waals surface area contributed by atoms with Crippen molar-refractivity contribution in [2.75, 3.05) is 7.11 Å². The van der Waals surface area contributed by atoms with E-state index in [0.29, 0.717) is 5.56 Å². The molecule has 0 spiro atoms. The smallest absolute Gasteiger partial charge is 0.185 e. The summed E-state index contributed by atoms with van der Waals surface area (Å²) in [6.07, 6.45) is 2.86. The Labute approximate surface area is 115 Å². The summed E-state index contributed by atoms with van der Waals surface area (Å²) in [7, 11) is 1.36. The molecule has 0 unspecified atom stereocenters. The number of allylic oxidation sites excluding steroid dienone is 1. The van der Waals surface area contributed by atoms with Gasteiger partial charge in [-0.2, -0.15) is 0 Å². The molecule has 0 fully saturated rings. The Bertz CT molecular complexity index is 646. The van der Waals surface area contributed by atoms with Gasteiger partial charge in [-0.15, -0.1) is 0 Å². The third-order valence-electron chi connectivity index (χ3n) is 2.73. The minimum atomic E-state index is -0.589. The third kappa shape index (κ3) is 3.29. The van der Waals surface area contributed by atoms with Crippen LogP contribution in [-0.2, 0) is 0 Å². The Hall–Kier alpha value is -2.49. The minimum absolute atomic E-state index is 0.0871. The van der Waals surface area contributed by atoms with Gasteiger partial charge in [0.15, 0.2) is 17.3 Å². The van der Waals surface area contributed by atoms with E-state index < -0.39 is 5.82 Å². The number of ketones is 1. The summed E-state index contributed by atoms with van der Waals surface area (Å²) >= 11 is 0. The molecule has 0 aliphatic rings. The average molecular weight is 274 g/mol. The van der Waals surface area contributed by atoms with Crippen LogP contribution in [0.5, 0.6) is 5.75 Å². The highest BCUT2D eigenvalue weighted by Gasteiger charge is 2.07. The van der Waals surface area contributed by atoms with E-state index in [1.54, 1.807) is 18.2 Å². The molecule has 2 rings (SSSR count). The fourth-order valence-electron chi connectivity index (χ4n) is 1.66. The van der Waals surface area contributed by atoms with Crippen LogP contribution in [0.1, 0.15) is 15.9 Å². The number of rotatable bonds is 4. The number of carbonyl (C=O) groups excluding carboxylic acids is 1. The molecule has 0 N–H and O–H groups in total. The molecule has 0 saturated carbocycles. The number of hydrogen-bond donors (Lipinski definition) is 0. The molecule has 20 heavy (non-hydrogen) atoms. The Morgan fingerprint density at radius 1 is 1.10 bits per heavy atom. The van der Waals surface area contributed by atoms with E-state index in [4.69, 9.17) is 4.74 Å². The molecule has 0 saturated heterocycles. The van der Waals surface area contributed by atoms with Crippen LogP contribution >= 0.6 is 0 Å². The standard InChI is InChI=1S/C16H12F2O2/c1-20-16-9-5-12(10-14(16)18)15(19)8-4-11-2-6-13(17)7-3-11/h2-10H,1H3. The number of methoxy groups -OCH3 is 1. The fourth-order valence-corrected chi connectivity index (χ4v) is 1.66. The van der Waals surface area contributed by atoms with Crippen molar-refractivity contribution < 1.29 is 18.3 Å². The maximum absolute atomic E-state index is 13.5. The molecular formula is C16H12F2O2. The normalized spacial score (nSPS) is 10.8. The van der Waals surface area contributed by atoms with Gasteiger partial charge in [0.05, 0.1) is 7.11 Å². The summed E-state index contributed by atoms with van der Waals surface area (Å²) < 4.78 is 31.0. The highest BCUT2D eigenvalue weighted by Crippen LogP contribution is 2.18. The molecule has 4 heteroatoms. The maximum atomic E-state index is 13.5. The number of benzene rings is 2. The van der Waals surface area contributed by atoms with Crippen molar-refractivity contribution in [2.45, 2.75) is 0 Å². The molecular weight excluding hydrogens is 262 g/mol. The zero-order chi connectivity index (χ0) is 14.5. The van der Waals surface area contributed by atoms with Crippen molar-refractivity contribution in [1.82, 2.24) is 0 Å². The van der Waals surface area contributed by atoms with Gasteiger partial charge in [-0.25, -0.2) is 8.78 Å². The van der Waals surface area contributed by atoms with Crippen molar-refractivity contribution in [3.05, 3.63) is 71.3 Å². The SMILES string of the molecule is COc1ccc(C(=O)C=Cc2ccc(F)cc2)cc1F. The van der Waals surface area contributed by atoms with E-state index in [0.717, 1.165) is 6.07 Å². The molecule has 0 bridgehead atoms. The van der Waals surface area contributed by atoms with Crippen molar-refractivity contribution >= 4 is 11.9 Å². The van der Waals surface area contributed by atoms with Crippen LogP contribution in [-0.4, -0.2) is 12.9 Å². The minimum Gasteiger partial charge on any atom is -0.494 e. The van der Waals surface area contributed by atoms with Crippen LogP contribution in [0, 0.1) is 11.6 Å². The van der Waals surface area contributed by atoms with Crippen LogP contribution in [0.4, 0.5) is 8.78 Å². The highest BCUT2D eigenvalue weighted by molar-refractivity contribution is 6.06. The fraction of sp³-hybridized carbons (Fsp3) is 0.0625. The molecule has 0 atom stereocenters. The van der Waals surface area contributed by atoms with Crippen LogP contribution in [0.15, 0.2) is 48.5 Å². The Kier molecular flexibility index (Phi) is 4.25. The van der Waals surface area contributed by atoms with Gasteiger partial charge >= 0.3 is 0 Å². The molecule has 2 aromatic rings. The number of halogens is 2. The average Bonchev–Trinajstić information content (AvgIpc) is 2.46. The first-order valence-electron chi connectivity index (χ1n) is 5.91. The molecule has 2 nitrogen and oxygen atoms in total. The van der Waals surface area contributed by atoms with Gasteiger partial charge in [-0.05, 0) is 42.0 Å². The highest BCUT2D eigenvalue weighted by atomic mass is 19.1. The zero-order valence-corrected chi connectivity index (χ0v) is 10.8. The molecule has 0 radical (unpaired) electrons. The van der Waals surface area contributed by atoms with Gasteiger partial charge in [-0.3, -0.25) is 4.79 Å². The van der Waals surface area contributed by atoms with Crippen LogP contribution in [0.2, 0.25) is 0 Å². The van der Waals surface area contributed by atoms with Gasteiger partial charge in [0, 0.05) is 5.56 Å². The van der Waals surface area contributed by atoms with Crippen molar-refractivity contribution in [3.8, 4) is 5.75 Å². The Morgan fingerprint density at radius 2 is 1.80 bits per heavy atom. The lowest BCUT2D eigenvalue weighted by Crippen LogP contribution is -1.97. The molecule has 0 aliphatic heterocycles. The second kappa shape index (κ2) is 6.10. The summed E-state index contributed by atoms with van der Waals surface area (Å²) in [5, 5.41) is 0. The van der Waals surface area contributed by atoms with E-state index >= 15 is 0 Å². The van der Waals surface area contributed by atoms with E-state index in [1.807, 2.05) is 0 Å². The number of hydrogen-bond acceptors (Lipinski definition) is 2. The zero-order valence-electron chi connectivity index (χ0n) is 10.8. The summed E-state index contributed by atoms with van der Waals surface area (Å²) in [5.74, 6) is -1.18. The molecule has 2 aromatic carbocycles. The summed E-state index contributed by atoms with van der Waals surface area (Å²) in [4.78, 5) is 11.9. The van der Waals surface area contributed by atoms with Gasteiger partial charge < -0.3 is 4.74 Å². The summed E-state index contributed by atoms with van der Waals surface area (Å²) in [6, 6.07) is 9.71. The predicted molar refractivity (Wildman–Crippen MR) is 72.7 cm³/mol. The molecule has 102 valence electrons. The monoisotopic (exact) mass is 274 g/mol. The Morgan fingerprint density at radius 3 is 2.40 bits per heavy atom. The third-order valence-corrected chi connectivity index (χ3v) is 2.73. The molecule has 0 aromatic heterocycles. The van der Waals surface area contributed by atoms with E-state index in [9.17, 15) is 13.6 Å². The van der Waals surface area contributed by atoms with Crippen molar-refractivity contribution in [2.24, 2.45) is 0 Å². The molecule has 0 amide bonds. The maximum Gasteiger partial charge on any atom is 0.185 e. The topological polar surface area (TPSA) is 26.3 Å². The first kappa shape index (κ1) is 13.9. The van der Waals surface area contributed by atoms with Crippen LogP contribution in [0.25, 0.3) is 6.08 Å².